The van der Waals surface area contributed by atoms with Crippen LogP contribution in [0, 0.1) is 12.9 Å². The molecule has 0 aliphatic heterocycles. The third kappa shape index (κ3) is 5.90. The molecule has 0 amide bonds. The van der Waals surface area contributed by atoms with Gasteiger partial charge in [0, 0.05) is 6.07 Å². The van der Waals surface area contributed by atoms with Crippen molar-refractivity contribution in [2.75, 3.05) is 0 Å². The molecule has 6 heteroatoms. The standard InChI is InChI=1S/C7H9FN.C7H8O3S/c1-6-4-3-5-9(2)7(6)8;8-11(9,10)6-7-4-2-1-3-5-7/h3-5H,1-2H3;1-5H,6H2,(H,8,9,10)/q+1;/p-1. The number of benzene rings is 1. The maximum absolute atomic E-state index is 12.7. The second-order valence-electron chi connectivity index (χ2n) is 4.28. The van der Waals surface area contributed by atoms with E-state index in [1.54, 1.807) is 56.6 Å². The number of aromatic nitrogens is 1. The van der Waals surface area contributed by atoms with Crippen LogP contribution < -0.4 is 4.57 Å². The first-order chi connectivity index (χ1) is 9.29. The lowest BCUT2D eigenvalue weighted by molar-refractivity contribution is -0.700. The monoisotopic (exact) mass is 297 g/mol. The Balaban J connectivity index is 0.000000204. The zero-order chi connectivity index (χ0) is 15.2. The Labute approximate surface area is 118 Å². The summed E-state index contributed by atoms with van der Waals surface area (Å²) >= 11 is 0. The minimum Gasteiger partial charge on any atom is -0.748 e. The van der Waals surface area contributed by atoms with Crippen LogP contribution in [0.4, 0.5) is 4.39 Å². The van der Waals surface area contributed by atoms with Gasteiger partial charge in [-0.05, 0) is 18.6 Å². The number of rotatable bonds is 2. The lowest BCUT2D eigenvalue weighted by atomic mass is 10.2. The van der Waals surface area contributed by atoms with Crippen LogP contribution in [0.25, 0.3) is 0 Å². The molecular weight excluding hydrogens is 281 g/mol. The van der Waals surface area contributed by atoms with Gasteiger partial charge in [-0.25, -0.2) is 8.42 Å². The number of pyridine rings is 1. The molecule has 0 spiro atoms. The van der Waals surface area contributed by atoms with Crippen molar-refractivity contribution in [3.63, 3.8) is 0 Å². The molecule has 1 heterocycles. The van der Waals surface area contributed by atoms with E-state index in [0.29, 0.717) is 11.1 Å². The molecule has 0 aliphatic carbocycles. The largest absolute Gasteiger partial charge is 0.748 e. The molecule has 1 aromatic carbocycles. The number of halogens is 1. The first-order valence-corrected chi connectivity index (χ1v) is 7.45. The molecule has 0 bridgehead atoms. The fourth-order valence-electron chi connectivity index (χ4n) is 1.51. The molecule has 4 nitrogen and oxygen atoms in total. The van der Waals surface area contributed by atoms with Gasteiger partial charge < -0.3 is 4.55 Å². The number of hydrogen-bond acceptors (Lipinski definition) is 3. The molecule has 2 rings (SSSR count). The molecule has 0 saturated heterocycles. The van der Waals surface area contributed by atoms with Crippen LogP contribution >= 0.6 is 0 Å². The van der Waals surface area contributed by atoms with Gasteiger partial charge in [0.1, 0.15) is 7.05 Å². The molecule has 0 fully saturated rings. The first kappa shape index (κ1) is 16.3. The van der Waals surface area contributed by atoms with Crippen LogP contribution in [0.2, 0.25) is 0 Å². The third-order valence-corrected chi connectivity index (χ3v) is 3.16. The van der Waals surface area contributed by atoms with Crippen molar-refractivity contribution in [3.8, 4) is 0 Å². The first-order valence-electron chi connectivity index (χ1n) is 5.88. The van der Waals surface area contributed by atoms with Crippen molar-refractivity contribution < 1.29 is 21.9 Å². The highest BCUT2D eigenvalue weighted by Crippen LogP contribution is 2.02. The zero-order valence-electron chi connectivity index (χ0n) is 11.3. The molecule has 0 saturated carbocycles. The molecule has 2 aromatic rings. The van der Waals surface area contributed by atoms with Gasteiger partial charge in [-0.15, -0.1) is 4.39 Å². The van der Waals surface area contributed by atoms with Crippen molar-refractivity contribution in [1.29, 1.82) is 0 Å². The summed E-state index contributed by atoms with van der Waals surface area (Å²) < 4.78 is 44.9. The van der Waals surface area contributed by atoms with Crippen LogP contribution in [-0.4, -0.2) is 13.0 Å². The van der Waals surface area contributed by atoms with Crippen LogP contribution in [-0.2, 0) is 22.9 Å². The second-order valence-corrected chi connectivity index (χ2v) is 5.68. The van der Waals surface area contributed by atoms with Crippen molar-refractivity contribution in [3.05, 3.63) is 65.7 Å². The normalized spacial score (nSPS) is 10.6. The van der Waals surface area contributed by atoms with Gasteiger partial charge in [0.05, 0.1) is 21.4 Å². The molecule has 1 aromatic heterocycles. The molecule has 0 unspecified atom stereocenters. The van der Waals surface area contributed by atoms with E-state index < -0.39 is 15.9 Å². The van der Waals surface area contributed by atoms with Gasteiger partial charge in [-0.1, -0.05) is 30.3 Å². The number of hydrogen-bond donors (Lipinski definition) is 0. The predicted molar refractivity (Wildman–Crippen MR) is 72.2 cm³/mol. The summed E-state index contributed by atoms with van der Waals surface area (Å²) in [6, 6.07) is 11.9. The second kappa shape index (κ2) is 7.12. The Morgan fingerprint density at radius 3 is 2.20 bits per heavy atom. The summed E-state index contributed by atoms with van der Waals surface area (Å²) in [6.07, 6.45) is 1.68. The smallest absolute Gasteiger partial charge is 0.362 e. The molecule has 20 heavy (non-hydrogen) atoms. The van der Waals surface area contributed by atoms with Crippen LogP contribution in [0.5, 0.6) is 0 Å². The van der Waals surface area contributed by atoms with Crippen molar-refractivity contribution in [2.45, 2.75) is 12.7 Å². The molecule has 0 atom stereocenters. The number of nitrogens with zero attached hydrogens (tertiary/aromatic N) is 1. The highest BCUT2D eigenvalue weighted by Gasteiger charge is 2.05. The van der Waals surface area contributed by atoms with E-state index >= 15 is 0 Å². The quantitative estimate of drug-likeness (QED) is 0.481. The van der Waals surface area contributed by atoms with Gasteiger partial charge in [0.15, 0.2) is 6.20 Å². The lowest BCUT2D eigenvalue weighted by Gasteiger charge is -2.05. The molecule has 108 valence electrons. The fraction of sp³-hybridized carbons (Fsp3) is 0.214. The Bertz CT molecular complexity index is 637. The van der Waals surface area contributed by atoms with Crippen molar-refractivity contribution in [2.24, 2.45) is 7.05 Å². The van der Waals surface area contributed by atoms with E-state index in [4.69, 9.17) is 0 Å². The molecule has 0 radical (unpaired) electrons. The SMILES string of the molecule is Cc1ccc[n+](C)c1F.O=S(=O)([O-])Cc1ccccc1. The van der Waals surface area contributed by atoms with Gasteiger partial charge >= 0.3 is 5.95 Å². The average Bonchev–Trinajstić information content (AvgIpc) is 2.36. The lowest BCUT2D eigenvalue weighted by Crippen LogP contribution is -2.32. The number of aryl methyl sites for hydroxylation is 2. The minimum absolute atomic E-state index is 0.169. The van der Waals surface area contributed by atoms with Gasteiger partial charge in [0.25, 0.3) is 0 Å². The maximum Gasteiger partial charge on any atom is 0.362 e. The van der Waals surface area contributed by atoms with E-state index in [9.17, 15) is 17.4 Å². The van der Waals surface area contributed by atoms with Crippen LogP contribution in [0.3, 0.4) is 0 Å². The van der Waals surface area contributed by atoms with E-state index in [0.717, 1.165) is 0 Å². The van der Waals surface area contributed by atoms with E-state index in [2.05, 4.69) is 0 Å². The van der Waals surface area contributed by atoms with Gasteiger partial charge in [-0.3, -0.25) is 0 Å². The Morgan fingerprint density at radius 1 is 1.15 bits per heavy atom. The fourth-order valence-corrected chi connectivity index (χ4v) is 2.11. The maximum atomic E-state index is 12.7. The van der Waals surface area contributed by atoms with Crippen molar-refractivity contribution >= 4 is 10.1 Å². The van der Waals surface area contributed by atoms with E-state index in [1.807, 2.05) is 6.07 Å². The third-order valence-electron chi connectivity index (χ3n) is 2.48. The summed E-state index contributed by atoms with van der Waals surface area (Å²) in [6.45, 7) is 1.75. The highest BCUT2D eigenvalue weighted by molar-refractivity contribution is 7.84. The van der Waals surface area contributed by atoms with Crippen LogP contribution in [0.15, 0.2) is 48.7 Å². The summed E-state index contributed by atoms with van der Waals surface area (Å²) in [5.74, 6) is -0.592. The zero-order valence-corrected chi connectivity index (χ0v) is 12.1. The molecule has 0 N–H and O–H groups in total. The Morgan fingerprint density at radius 2 is 1.75 bits per heavy atom. The molecular formula is C14H16FNO3S. The highest BCUT2D eigenvalue weighted by atomic mass is 32.2. The average molecular weight is 297 g/mol. The Kier molecular flexibility index (Phi) is 5.79. The van der Waals surface area contributed by atoms with E-state index in [-0.39, 0.29) is 5.95 Å². The summed E-state index contributed by atoms with van der Waals surface area (Å²) in [5.41, 5.74) is 1.21. The predicted octanol–water partition coefficient (Wildman–Crippen LogP) is 1.69. The molecule has 0 aliphatic rings. The van der Waals surface area contributed by atoms with Crippen LogP contribution in [0.1, 0.15) is 11.1 Å². The summed E-state index contributed by atoms with van der Waals surface area (Å²) in [4.78, 5) is 0. The minimum atomic E-state index is -4.13. The van der Waals surface area contributed by atoms with Gasteiger partial charge in [0.2, 0.25) is 0 Å². The topological polar surface area (TPSA) is 61.1 Å². The summed E-state index contributed by atoms with van der Waals surface area (Å²) in [7, 11) is -2.44. The Hall–Kier alpha value is -1.79. The van der Waals surface area contributed by atoms with E-state index in [1.165, 1.54) is 4.57 Å². The van der Waals surface area contributed by atoms with Crippen molar-refractivity contribution in [1.82, 2.24) is 0 Å². The summed E-state index contributed by atoms with van der Waals surface area (Å²) in [5, 5.41) is 0. The van der Waals surface area contributed by atoms with Gasteiger partial charge in [-0.2, -0.15) is 4.57 Å².